The van der Waals surface area contributed by atoms with Crippen molar-refractivity contribution in [3.8, 4) is 11.8 Å². The van der Waals surface area contributed by atoms with Crippen molar-refractivity contribution in [3.63, 3.8) is 0 Å². The first kappa shape index (κ1) is 15.3. The minimum absolute atomic E-state index is 0.115. The van der Waals surface area contributed by atoms with Crippen molar-refractivity contribution >= 4 is 22.9 Å². The summed E-state index contributed by atoms with van der Waals surface area (Å²) < 4.78 is 0. The second-order valence-electron chi connectivity index (χ2n) is 4.61. The van der Waals surface area contributed by atoms with Crippen molar-refractivity contribution in [1.82, 2.24) is 0 Å². The summed E-state index contributed by atoms with van der Waals surface area (Å²) in [6.07, 6.45) is 2.18. The average molecular weight is 298 g/mol. The van der Waals surface area contributed by atoms with Crippen LogP contribution in [0.1, 0.15) is 34.1 Å². The molecule has 4 heteroatoms. The van der Waals surface area contributed by atoms with Gasteiger partial charge in [-0.25, -0.2) is 0 Å². The Morgan fingerprint density at radius 1 is 1.33 bits per heavy atom. The molecule has 0 atom stereocenters. The van der Waals surface area contributed by atoms with Crippen LogP contribution in [0.25, 0.3) is 0 Å². The molecule has 0 unspecified atom stereocenters. The zero-order valence-corrected chi connectivity index (χ0v) is 12.8. The monoisotopic (exact) mass is 298 g/mol. The van der Waals surface area contributed by atoms with E-state index in [0.717, 1.165) is 23.4 Å². The number of carbonyl (C=O) groups excluding carboxylic acids is 1. The quantitative estimate of drug-likeness (QED) is 0.851. The van der Waals surface area contributed by atoms with Crippen LogP contribution in [0.2, 0.25) is 0 Å². The standard InChI is InChI=1S/C17H18N2OS/c1-2-4-13-6-8-15(9-7-13)19-17(20)14-11-16(21-12-14)5-3-10-18/h6-9,11-12H,2,4,10,18H2,1H3,(H,19,20). The summed E-state index contributed by atoms with van der Waals surface area (Å²) in [6, 6.07) is 9.75. The Kier molecular flexibility index (Phi) is 5.56. The van der Waals surface area contributed by atoms with Crippen LogP contribution < -0.4 is 11.1 Å². The number of aryl methyl sites for hydroxylation is 1. The Bertz CT molecular complexity index is 662. The highest BCUT2D eigenvalue weighted by molar-refractivity contribution is 7.10. The van der Waals surface area contributed by atoms with Crippen LogP contribution in [0, 0.1) is 11.8 Å². The molecule has 0 aliphatic rings. The predicted molar refractivity (Wildman–Crippen MR) is 88.6 cm³/mol. The highest BCUT2D eigenvalue weighted by atomic mass is 32.1. The SMILES string of the molecule is CCCc1ccc(NC(=O)c2csc(C#CCN)c2)cc1. The van der Waals surface area contributed by atoms with Gasteiger partial charge in [0, 0.05) is 11.1 Å². The number of hydrogen-bond acceptors (Lipinski definition) is 3. The second kappa shape index (κ2) is 7.63. The lowest BCUT2D eigenvalue weighted by molar-refractivity contribution is 0.102. The number of carbonyl (C=O) groups is 1. The Balaban J connectivity index is 2.02. The molecule has 2 aromatic rings. The molecule has 1 aromatic heterocycles. The molecule has 108 valence electrons. The number of benzene rings is 1. The summed E-state index contributed by atoms with van der Waals surface area (Å²) in [5.41, 5.74) is 8.04. The maximum Gasteiger partial charge on any atom is 0.256 e. The van der Waals surface area contributed by atoms with E-state index >= 15 is 0 Å². The number of hydrogen-bond donors (Lipinski definition) is 2. The fourth-order valence-electron chi connectivity index (χ4n) is 1.91. The van der Waals surface area contributed by atoms with Gasteiger partial charge in [-0.2, -0.15) is 0 Å². The molecule has 0 saturated carbocycles. The third kappa shape index (κ3) is 4.45. The summed E-state index contributed by atoms with van der Waals surface area (Å²) in [5, 5.41) is 4.70. The predicted octanol–water partition coefficient (Wildman–Crippen LogP) is 3.26. The van der Waals surface area contributed by atoms with Gasteiger partial charge in [-0.05, 0) is 30.2 Å². The average Bonchev–Trinajstić information content (AvgIpc) is 2.96. The normalized spacial score (nSPS) is 9.81. The van der Waals surface area contributed by atoms with Gasteiger partial charge in [0.2, 0.25) is 0 Å². The van der Waals surface area contributed by atoms with Crippen LogP contribution >= 0.6 is 11.3 Å². The van der Waals surface area contributed by atoms with Crippen molar-refractivity contribution < 1.29 is 4.79 Å². The fourth-order valence-corrected chi connectivity index (χ4v) is 2.66. The van der Waals surface area contributed by atoms with E-state index in [1.165, 1.54) is 16.9 Å². The van der Waals surface area contributed by atoms with E-state index in [2.05, 4.69) is 24.1 Å². The van der Waals surface area contributed by atoms with E-state index < -0.39 is 0 Å². The summed E-state index contributed by atoms with van der Waals surface area (Å²) >= 11 is 1.45. The Morgan fingerprint density at radius 2 is 2.10 bits per heavy atom. The molecule has 0 bridgehead atoms. The van der Waals surface area contributed by atoms with E-state index in [9.17, 15) is 4.79 Å². The van der Waals surface area contributed by atoms with Crippen molar-refractivity contribution in [2.24, 2.45) is 5.73 Å². The molecule has 3 N–H and O–H groups in total. The Morgan fingerprint density at radius 3 is 2.76 bits per heavy atom. The maximum atomic E-state index is 12.1. The van der Waals surface area contributed by atoms with Crippen molar-refractivity contribution in [2.45, 2.75) is 19.8 Å². The second-order valence-corrected chi connectivity index (χ2v) is 5.52. The minimum atomic E-state index is -0.115. The van der Waals surface area contributed by atoms with E-state index in [1.807, 2.05) is 24.3 Å². The summed E-state index contributed by atoms with van der Waals surface area (Å²) in [7, 11) is 0. The molecule has 0 aliphatic heterocycles. The topological polar surface area (TPSA) is 55.1 Å². The molecule has 3 nitrogen and oxygen atoms in total. The largest absolute Gasteiger partial charge is 0.322 e. The third-order valence-corrected chi connectivity index (χ3v) is 3.77. The van der Waals surface area contributed by atoms with Gasteiger partial charge in [-0.1, -0.05) is 37.3 Å². The number of rotatable bonds is 4. The lowest BCUT2D eigenvalue weighted by Gasteiger charge is -2.05. The number of nitrogens with two attached hydrogens (primary N) is 1. The minimum Gasteiger partial charge on any atom is -0.322 e. The van der Waals surface area contributed by atoms with E-state index in [1.54, 1.807) is 11.4 Å². The smallest absolute Gasteiger partial charge is 0.256 e. The Labute approximate surface area is 129 Å². The zero-order chi connectivity index (χ0) is 15.1. The first-order valence-corrected chi connectivity index (χ1v) is 7.78. The molecule has 0 saturated heterocycles. The van der Waals surface area contributed by atoms with Crippen LogP contribution in [0.4, 0.5) is 5.69 Å². The molecule has 0 radical (unpaired) electrons. The van der Waals surface area contributed by atoms with Gasteiger partial charge in [0.15, 0.2) is 0 Å². The highest BCUT2D eigenvalue weighted by Gasteiger charge is 2.08. The number of anilines is 1. The molecule has 21 heavy (non-hydrogen) atoms. The first-order chi connectivity index (χ1) is 10.2. The van der Waals surface area contributed by atoms with Gasteiger partial charge in [0.05, 0.1) is 17.0 Å². The summed E-state index contributed by atoms with van der Waals surface area (Å²) in [5.74, 6) is 5.59. The zero-order valence-electron chi connectivity index (χ0n) is 12.0. The molecule has 1 aromatic carbocycles. The number of nitrogens with one attached hydrogen (secondary N) is 1. The van der Waals surface area contributed by atoms with Gasteiger partial charge in [0.25, 0.3) is 5.91 Å². The van der Waals surface area contributed by atoms with Gasteiger partial charge in [0.1, 0.15) is 0 Å². The number of amides is 1. The highest BCUT2D eigenvalue weighted by Crippen LogP contribution is 2.16. The molecule has 0 aliphatic carbocycles. The molecular formula is C17H18N2OS. The van der Waals surface area contributed by atoms with E-state index in [4.69, 9.17) is 5.73 Å². The van der Waals surface area contributed by atoms with Crippen molar-refractivity contribution in [1.29, 1.82) is 0 Å². The maximum absolute atomic E-state index is 12.1. The molecular weight excluding hydrogens is 280 g/mol. The van der Waals surface area contributed by atoms with E-state index in [0.29, 0.717) is 12.1 Å². The van der Waals surface area contributed by atoms with E-state index in [-0.39, 0.29) is 5.91 Å². The van der Waals surface area contributed by atoms with Crippen LogP contribution in [0.15, 0.2) is 35.7 Å². The lowest BCUT2D eigenvalue weighted by atomic mass is 10.1. The molecule has 1 amide bonds. The van der Waals surface area contributed by atoms with Crippen molar-refractivity contribution in [3.05, 3.63) is 51.7 Å². The lowest BCUT2D eigenvalue weighted by Crippen LogP contribution is -2.10. The van der Waals surface area contributed by atoms with Crippen LogP contribution in [0.3, 0.4) is 0 Å². The van der Waals surface area contributed by atoms with Crippen LogP contribution in [-0.2, 0) is 6.42 Å². The summed E-state index contributed by atoms with van der Waals surface area (Å²) in [4.78, 5) is 13.0. The molecule has 0 spiro atoms. The molecule has 2 rings (SSSR count). The third-order valence-electron chi connectivity index (χ3n) is 2.93. The van der Waals surface area contributed by atoms with Gasteiger partial charge in [-0.15, -0.1) is 11.3 Å². The van der Waals surface area contributed by atoms with Gasteiger partial charge in [-0.3, -0.25) is 4.79 Å². The van der Waals surface area contributed by atoms with Crippen LogP contribution in [0.5, 0.6) is 0 Å². The number of thiophene rings is 1. The Hall–Kier alpha value is -2.09. The molecule has 0 fully saturated rings. The van der Waals surface area contributed by atoms with Crippen molar-refractivity contribution in [2.75, 3.05) is 11.9 Å². The molecule has 1 heterocycles. The first-order valence-electron chi connectivity index (χ1n) is 6.90. The van der Waals surface area contributed by atoms with Gasteiger partial charge >= 0.3 is 0 Å². The fraction of sp³-hybridized carbons (Fsp3) is 0.235. The van der Waals surface area contributed by atoms with Gasteiger partial charge < -0.3 is 11.1 Å². The van der Waals surface area contributed by atoms with Crippen LogP contribution in [-0.4, -0.2) is 12.5 Å². The summed E-state index contributed by atoms with van der Waals surface area (Å²) in [6.45, 7) is 2.47.